The van der Waals surface area contributed by atoms with Crippen molar-refractivity contribution in [1.29, 1.82) is 0 Å². The molecule has 100 valence electrons. The molecule has 5 nitrogen and oxygen atoms in total. The van der Waals surface area contributed by atoms with Crippen LogP contribution in [0.15, 0.2) is 0 Å². The van der Waals surface area contributed by atoms with Crippen molar-refractivity contribution in [2.75, 3.05) is 5.75 Å². The number of nitrogens with two attached hydrogens (primary N) is 1. The summed E-state index contributed by atoms with van der Waals surface area (Å²) >= 11 is 0. The molecule has 0 heterocycles. The van der Waals surface area contributed by atoms with Crippen LogP contribution in [0.3, 0.4) is 0 Å². The van der Waals surface area contributed by atoms with Crippen LogP contribution < -0.4 is 11.1 Å². The van der Waals surface area contributed by atoms with Crippen LogP contribution in [0.2, 0.25) is 0 Å². The van der Waals surface area contributed by atoms with E-state index in [1.54, 1.807) is 6.92 Å². The molecule has 1 atom stereocenters. The van der Waals surface area contributed by atoms with Crippen LogP contribution >= 0.6 is 0 Å². The highest BCUT2D eigenvalue weighted by atomic mass is 32.2. The summed E-state index contributed by atoms with van der Waals surface area (Å²) in [5.41, 5.74) is 5.77. The van der Waals surface area contributed by atoms with Gasteiger partial charge >= 0.3 is 0 Å². The van der Waals surface area contributed by atoms with E-state index in [1.165, 1.54) is 6.92 Å². The zero-order valence-corrected chi connectivity index (χ0v) is 11.3. The summed E-state index contributed by atoms with van der Waals surface area (Å²) in [4.78, 5) is 11.8. The third-order valence-corrected chi connectivity index (χ3v) is 5.52. The van der Waals surface area contributed by atoms with Gasteiger partial charge in [-0.25, -0.2) is 8.42 Å². The highest BCUT2D eigenvalue weighted by Gasteiger charge is 2.28. The molecule has 0 aromatic heterocycles. The Balaban J connectivity index is 2.50. The van der Waals surface area contributed by atoms with Gasteiger partial charge in [0.1, 0.15) is 5.25 Å². The van der Waals surface area contributed by atoms with Crippen LogP contribution in [0.25, 0.3) is 0 Å². The molecule has 0 aromatic rings. The van der Waals surface area contributed by atoms with Gasteiger partial charge in [-0.1, -0.05) is 6.92 Å². The van der Waals surface area contributed by atoms with Crippen molar-refractivity contribution < 1.29 is 13.2 Å². The third-order valence-electron chi connectivity index (χ3n) is 3.43. The number of rotatable bonds is 4. The summed E-state index contributed by atoms with van der Waals surface area (Å²) in [6.45, 7) is 3.00. The fourth-order valence-corrected chi connectivity index (χ4v) is 2.89. The maximum Gasteiger partial charge on any atom is 0.238 e. The highest BCUT2D eigenvalue weighted by molar-refractivity contribution is 7.92. The van der Waals surface area contributed by atoms with E-state index in [-0.39, 0.29) is 23.7 Å². The fourth-order valence-electron chi connectivity index (χ4n) is 2.00. The lowest BCUT2D eigenvalue weighted by Gasteiger charge is -2.27. The van der Waals surface area contributed by atoms with Crippen LogP contribution in [-0.4, -0.2) is 37.4 Å². The molecule has 1 amide bonds. The fraction of sp³-hybridized carbons (Fsp3) is 0.909. The first-order valence-electron chi connectivity index (χ1n) is 6.14. The third kappa shape index (κ3) is 3.96. The molecule has 3 N–H and O–H groups in total. The van der Waals surface area contributed by atoms with Crippen LogP contribution in [0.5, 0.6) is 0 Å². The molecule has 6 heteroatoms. The van der Waals surface area contributed by atoms with E-state index >= 15 is 0 Å². The Hall–Kier alpha value is -0.620. The van der Waals surface area contributed by atoms with Crippen LogP contribution in [0.4, 0.5) is 0 Å². The van der Waals surface area contributed by atoms with E-state index in [0.29, 0.717) is 0 Å². The smallest absolute Gasteiger partial charge is 0.238 e. The van der Waals surface area contributed by atoms with Gasteiger partial charge in [-0.2, -0.15) is 0 Å². The van der Waals surface area contributed by atoms with Gasteiger partial charge in [0.15, 0.2) is 9.84 Å². The molecule has 0 aliphatic heterocycles. The molecule has 0 bridgehead atoms. The minimum absolute atomic E-state index is 0.00285. The molecule has 1 rings (SSSR count). The van der Waals surface area contributed by atoms with Crippen LogP contribution in [0, 0.1) is 0 Å². The molecular formula is C11H22N2O3S. The Morgan fingerprint density at radius 1 is 1.35 bits per heavy atom. The van der Waals surface area contributed by atoms with Crippen LogP contribution in [0.1, 0.15) is 39.5 Å². The van der Waals surface area contributed by atoms with E-state index in [0.717, 1.165) is 25.7 Å². The average molecular weight is 262 g/mol. The Kier molecular flexibility index (Phi) is 4.94. The molecule has 0 radical (unpaired) electrons. The van der Waals surface area contributed by atoms with Crippen molar-refractivity contribution in [2.45, 2.75) is 56.9 Å². The van der Waals surface area contributed by atoms with E-state index in [4.69, 9.17) is 5.73 Å². The monoisotopic (exact) mass is 262 g/mol. The quantitative estimate of drug-likeness (QED) is 0.757. The van der Waals surface area contributed by atoms with Crippen molar-refractivity contribution in [1.82, 2.24) is 5.32 Å². The van der Waals surface area contributed by atoms with Crippen molar-refractivity contribution in [3.05, 3.63) is 0 Å². The lowest BCUT2D eigenvalue weighted by Crippen LogP contribution is -2.46. The largest absolute Gasteiger partial charge is 0.352 e. The summed E-state index contributed by atoms with van der Waals surface area (Å²) in [7, 11) is -3.30. The predicted molar refractivity (Wildman–Crippen MR) is 67.3 cm³/mol. The van der Waals surface area contributed by atoms with Crippen molar-refractivity contribution >= 4 is 15.7 Å². The molecule has 1 fully saturated rings. The number of hydrogen-bond acceptors (Lipinski definition) is 4. The summed E-state index contributed by atoms with van der Waals surface area (Å²) < 4.78 is 23.1. The number of carbonyl (C=O) groups is 1. The number of hydrogen-bond donors (Lipinski definition) is 2. The summed E-state index contributed by atoms with van der Waals surface area (Å²) in [5, 5.41) is 1.85. The number of sulfone groups is 1. The van der Waals surface area contributed by atoms with E-state index in [9.17, 15) is 13.2 Å². The van der Waals surface area contributed by atoms with Gasteiger partial charge in [-0.15, -0.1) is 0 Å². The number of amides is 1. The van der Waals surface area contributed by atoms with Crippen molar-refractivity contribution in [3.63, 3.8) is 0 Å². The molecule has 1 aliphatic rings. The Labute approximate surface area is 103 Å². The Morgan fingerprint density at radius 3 is 2.35 bits per heavy atom. The van der Waals surface area contributed by atoms with Crippen LogP contribution in [-0.2, 0) is 14.6 Å². The second kappa shape index (κ2) is 5.82. The summed E-state index contributed by atoms with van der Waals surface area (Å²) in [6.07, 6.45) is 3.46. The topological polar surface area (TPSA) is 89.3 Å². The first-order valence-corrected chi connectivity index (χ1v) is 7.86. The molecule has 0 saturated heterocycles. The van der Waals surface area contributed by atoms with Crippen molar-refractivity contribution in [3.8, 4) is 0 Å². The van der Waals surface area contributed by atoms with E-state index in [2.05, 4.69) is 5.32 Å². The maximum atomic E-state index is 11.8. The molecule has 1 saturated carbocycles. The summed E-state index contributed by atoms with van der Waals surface area (Å²) in [5.74, 6) is -0.385. The number of carbonyl (C=O) groups excluding carboxylic acids is 1. The van der Waals surface area contributed by atoms with E-state index < -0.39 is 15.1 Å². The second-order valence-corrected chi connectivity index (χ2v) is 7.32. The van der Waals surface area contributed by atoms with E-state index in [1.807, 2.05) is 0 Å². The SMILES string of the molecule is CCS(=O)(=O)C(C)C(=O)NC1CCC(N)CC1. The summed E-state index contributed by atoms with van der Waals surface area (Å²) in [6, 6.07) is 0.303. The standard InChI is InChI=1S/C11H22N2O3S/c1-3-17(15,16)8(2)11(14)13-10-6-4-9(12)5-7-10/h8-10H,3-7,12H2,1-2H3,(H,13,14). The second-order valence-electron chi connectivity index (χ2n) is 4.71. The molecule has 1 unspecified atom stereocenters. The molecular weight excluding hydrogens is 240 g/mol. The molecule has 1 aliphatic carbocycles. The normalized spacial score (nSPS) is 27.5. The molecule has 0 spiro atoms. The average Bonchev–Trinajstić information content (AvgIpc) is 2.31. The van der Waals surface area contributed by atoms with Gasteiger partial charge in [-0.3, -0.25) is 4.79 Å². The van der Waals surface area contributed by atoms with Gasteiger partial charge in [-0.05, 0) is 32.6 Å². The zero-order chi connectivity index (χ0) is 13.1. The Bertz CT molecular complexity index is 359. The highest BCUT2D eigenvalue weighted by Crippen LogP contribution is 2.17. The van der Waals surface area contributed by atoms with Gasteiger partial charge in [0.05, 0.1) is 0 Å². The minimum Gasteiger partial charge on any atom is -0.352 e. The predicted octanol–water partition coefficient (Wildman–Crippen LogP) is 0.196. The molecule has 0 aromatic carbocycles. The molecule has 17 heavy (non-hydrogen) atoms. The first kappa shape index (κ1) is 14.4. The minimum atomic E-state index is -3.30. The number of nitrogens with one attached hydrogen (secondary N) is 1. The lowest BCUT2D eigenvalue weighted by atomic mass is 9.92. The zero-order valence-electron chi connectivity index (χ0n) is 10.5. The van der Waals surface area contributed by atoms with Gasteiger partial charge in [0.2, 0.25) is 5.91 Å². The van der Waals surface area contributed by atoms with Gasteiger partial charge < -0.3 is 11.1 Å². The Morgan fingerprint density at radius 2 is 1.88 bits per heavy atom. The van der Waals surface area contributed by atoms with Gasteiger partial charge in [0, 0.05) is 17.8 Å². The maximum absolute atomic E-state index is 11.8. The van der Waals surface area contributed by atoms with Crippen molar-refractivity contribution in [2.24, 2.45) is 5.73 Å². The first-order chi connectivity index (χ1) is 7.86. The van der Waals surface area contributed by atoms with Gasteiger partial charge in [0.25, 0.3) is 0 Å². The lowest BCUT2D eigenvalue weighted by molar-refractivity contribution is -0.121.